The molecule has 3 nitrogen and oxygen atoms in total. The van der Waals surface area contributed by atoms with Crippen molar-refractivity contribution in [3.8, 4) is 0 Å². The van der Waals surface area contributed by atoms with E-state index in [4.69, 9.17) is 0 Å². The first-order chi connectivity index (χ1) is 7.28. The van der Waals surface area contributed by atoms with Gasteiger partial charge in [0.15, 0.2) is 0 Å². The van der Waals surface area contributed by atoms with E-state index >= 15 is 0 Å². The highest BCUT2D eigenvalue weighted by molar-refractivity contribution is 4.51. The molecule has 0 aliphatic carbocycles. The molecule has 0 aromatic carbocycles. The molecule has 0 amide bonds. The van der Waals surface area contributed by atoms with Crippen LogP contribution in [0.15, 0.2) is 0 Å². The van der Waals surface area contributed by atoms with Gasteiger partial charge >= 0.3 is 0 Å². The summed E-state index contributed by atoms with van der Waals surface area (Å²) in [5.41, 5.74) is 0. The fourth-order valence-corrected chi connectivity index (χ4v) is 1.93. The molecular weight excluding hydrogens is 202 g/mol. The minimum absolute atomic E-state index is 0. The number of aliphatic hydroxyl groups excluding tert-OH is 1. The van der Waals surface area contributed by atoms with E-state index in [0.717, 1.165) is 13.0 Å². The van der Waals surface area contributed by atoms with Crippen LogP contribution in [0.25, 0.3) is 0 Å². The van der Waals surface area contributed by atoms with E-state index in [9.17, 15) is 5.11 Å². The van der Waals surface area contributed by atoms with Gasteiger partial charge < -0.3 is 15.5 Å². The fraction of sp³-hybridized carbons (Fsp3) is 1.00. The first kappa shape index (κ1) is 18.3. The van der Waals surface area contributed by atoms with Crippen molar-refractivity contribution in [2.45, 2.75) is 52.9 Å². The third kappa shape index (κ3) is 9.13. The lowest BCUT2D eigenvalue weighted by Gasteiger charge is -2.23. The van der Waals surface area contributed by atoms with Gasteiger partial charge in [-0.2, -0.15) is 0 Å². The Bertz CT molecular complexity index is 119. The van der Waals surface area contributed by atoms with Crippen molar-refractivity contribution >= 4 is 0 Å². The number of rotatable bonds is 10. The van der Waals surface area contributed by atoms with Gasteiger partial charge in [0, 0.05) is 5.92 Å². The zero-order valence-electron chi connectivity index (χ0n) is 11.3. The minimum Gasteiger partial charge on any atom is -0.870 e. The molecule has 0 saturated carbocycles. The lowest BCUT2D eigenvalue weighted by Crippen LogP contribution is -3.12. The van der Waals surface area contributed by atoms with Crippen LogP contribution in [0.5, 0.6) is 0 Å². The van der Waals surface area contributed by atoms with Crippen molar-refractivity contribution in [2.75, 3.05) is 26.2 Å². The SMILES string of the molecule is CCCC[NH+](CCCC)CC(CC)CO.[OH-]. The molecular formula is C13H31NO2. The predicted molar refractivity (Wildman–Crippen MR) is 68.2 cm³/mol. The molecule has 0 fully saturated rings. The predicted octanol–water partition coefficient (Wildman–Crippen LogP) is 1.31. The van der Waals surface area contributed by atoms with Crippen molar-refractivity contribution in [1.82, 2.24) is 0 Å². The Morgan fingerprint density at radius 2 is 1.50 bits per heavy atom. The number of unbranched alkanes of at least 4 members (excludes halogenated alkanes) is 2. The van der Waals surface area contributed by atoms with Gasteiger partial charge in [-0.3, -0.25) is 0 Å². The first-order valence-electron chi connectivity index (χ1n) is 6.72. The fourth-order valence-electron chi connectivity index (χ4n) is 1.93. The smallest absolute Gasteiger partial charge is 0.0821 e. The molecule has 0 bridgehead atoms. The summed E-state index contributed by atoms with van der Waals surface area (Å²) >= 11 is 0. The van der Waals surface area contributed by atoms with Crippen LogP contribution in [0, 0.1) is 5.92 Å². The van der Waals surface area contributed by atoms with Crippen LogP contribution in [0.1, 0.15) is 52.9 Å². The van der Waals surface area contributed by atoms with Crippen molar-refractivity contribution in [3.63, 3.8) is 0 Å². The Morgan fingerprint density at radius 1 is 1.00 bits per heavy atom. The van der Waals surface area contributed by atoms with Crippen LogP contribution in [0.4, 0.5) is 0 Å². The first-order valence-corrected chi connectivity index (χ1v) is 6.72. The summed E-state index contributed by atoms with van der Waals surface area (Å²) < 4.78 is 0. The van der Waals surface area contributed by atoms with E-state index < -0.39 is 0 Å². The Morgan fingerprint density at radius 3 is 1.81 bits per heavy atom. The maximum atomic E-state index is 9.21. The Hall–Kier alpha value is -0.120. The standard InChI is InChI=1S/C13H29NO.H2O/c1-4-7-9-14(10-8-5-2)11-13(6-3)12-15;/h13,15H,4-12H2,1-3H3;1H2. The van der Waals surface area contributed by atoms with Gasteiger partial charge in [0.2, 0.25) is 0 Å². The van der Waals surface area contributed by atoms with Crippen LogP contribution < -0.4 is 4.90 Å². The van der Waals surface area contributed by atoms with E-state index in [2.05, 4.69) is 20.8 Å². The van der Waals surface area contributed by atoms with Gasteiger partial charge in [0.25, 0.3) is 0 Å². The summed E-state index contributed by atoms with van der Waals surface area (Å²) in [4.78, 5) is 1.69. The van der Waals surface area contributed by atoms with Crippen molar-refractivity contribution in [3.05, 3.63) is 0 Å². The van der Waals surface area contributed by atoms with Crippen molar-refractivity contribution < 1.29 is 15.5 Å². The van der Waals surface area contributed by atoms with Gasteiger partial charge in [-0.15, -0.1) is 0 Å². The minimum atomic E-state index is 0. The van der Waals surface area contributed by atoms with Crippen LogP contribution in [0.2, 0.25) is 0 Å². The van der Waals surface area contributed by atoms with E-state index in [-0.39, 0.29) is 5.48 Å². The third-order valence-electron chi connectivity index (χ3n) is 3.18. The van der Waals surface area contributed by atoms with Crippen LogP contribution in [-0.2, 0) is 0 Å². The zero-order valence-corrected chi connectivity index (χ0v) is 11.3. The lowest BCUT2D eigenvalue weighted by atomic mass is 10.1. The third-order valence-corrected chi connectivity index (χ3v) is 3.18. The summed E-state index contributed by atoms with van der Waals surface area (Å²) in [5, 5.41) is 9.21. The molecule has 1 unspecified atom stereocenters. The normalized spacial score (nSPS) is 12.6. The Kier molecular flexibility index (Phi) is 14.8. The van der Waals surface area contributed by atoms with Gasteiger partial charge in [0.05, 0.1) is 26.2 Å². The summed E-state index contributed by atoms with van der Waals surface area (Å²) in [5.74, 6) is 0.508. The molecule has 0 aliphatic rings. The highest BCUT2D eigenvalue weighted by atomic mass is 16.3. The van der Waals surface area contributed by atoms with Crippen LogP contribution in [-0.4, -0.2) is 36.8 Å². The number of quaternary nitrogens is 1. The van der Waals surface area contributed by atoms with Gasteiger partial charge in [-0.05, 0) is 19.3 Å². The zero-order chi connectivity index (χ0) is 11.5. The second-order valence-electron chi connectivity index (χ2n) is 4.62. The number of hydrogen-bond acceptors (Lipinski definition) is 2. The molecule has 3 heteroatoms. The molecule has 3 N–H and O–H groups in total. The second-order valence-corrected chi connectivity index (χ2v) is 4.62. The molecule has 0 rings (SSSR count). The summed E-state index contributed by atoms with van der Waals surface area (Å²) in [6, 6.07) is 0. The number of nitrogens with one attached hydrogen (secondary N) is 1. The van der Waals surface area contributed by atoms with Crippen molar-refractivity contribution in [2.24, 2.45) is 5.92 Å². The van der Waals surface area contributed by atoms with Crippen LogP contribution >= 0.6 is 0 Å². The summed E-state index contributed by atoms with van der Waals surface area (Å²) in [6.07, 6.45) is 6.32. The Balaban J connectivity index is 0. The molecule has 100 valence electrons. The average Bonchev–Trinajstić information content (AvgIpc) is 2.28. The summed E-state index contributed by atoms with van der Waals surface area (Å²) in [6.45, 7) is 10.8. The number of aliphatic hydroxyl groups is 1. The van der Waals surface area contributed by atoms with Crippen molar-refractivity contribution in [1.29, 1.82) is 0 Å². The molecule has 0 radical (unpaired) electrons. The highest BCUT2D eigenvalue weighted by Crippen LogP contribution is 1.97. The monoisotopic (exact) mass is 233 g/mol. The molecule has 16 heavy (non-hydrogen) atoms. The second kappa shape index (κ2) is 12.9. The largest absolute Gasteiger partial charge is 0.870 e. The van der Waals surface area contributed by atoms with E-state index in [1.807, 2.05) is 0 Å². The maximum Gasteiger partial charge on any atom is 0.0821 e. The molecule has 0 saturated heterocycles. The van der Waals surface area contributed by atoms with Crippen LogP contribution in [0.3, 0.4) is 0 Å². The maximum absolute atomic E-state index is 9.21. The topological polar surface area (TPSA) is 54.7 Å². The van der Waals surface area contributed by atoms with E-state index in [1.54, 1.807) is 4.90 Å². The highest BCUT2D eigenvalue weighted by Gasteiger charge is 2.14. The van der Waals surface area contributed by atoms with Gasteiger partial charge in [0.1, 0.15) is 0 Å². The van der Waals surface area contributed by atoms with Gasteiger partial charge in [-0.1, -0.05) is 33.6 Å². The molecule has 0 heterocycles. The van der Waals surface area contributed by atoms with E-state index in [0.29, 0.717) is 12.5 Å². The molecule has 0 aromatic heterocycles. The lowest BCUT2D eigenvalue weighted by molar-refractivity contribution is -0.904. The molecule has 0 aliphatic heterocycles. The van der Waals surface area contributed by atoms with E-state index in [1.165, 1.54) is 38.8 Å². The Labute approximate surface area is 101 Å². The molecule has 1 atom stereocenters. The molecule has 0 spiro atoms. The number of hydrogen-bond donors (Lipinski definition) is 2. The quantitative estimate of drug-likeness (QED) is 0.598. The molecule has 0 aromatic rings. The summed E-state index contributed by atoms with van der Waals surface area (Å²) in [7, 11) is 0. The average molecular weight is 233 g/mol. The van der Waals surface area contributed by atoms with Gasteiger partial charge in [-0.25, -0.2) is 0 Å².